The Hall–Kier alpha value is -3.46. The molecule has 0 aliphatic heterocycles. The van der Waals surface area contributed by atoms with Crippen LogP contribution in [0.3, 0.4) is 0 Å². The normalized spacial score (nSPS) is 15.7. The van der Waals surface area contributed by atoms with Crippen LogP contribution in [0.4, 0.5) is 13.2 Å². The van der Waals surface area contributed by atoms with Crippen molar-refractivity contribution < 1.29 is 37.3 Å². The topological polar surface area (TPSA) is 84.9 Å². The number of carboxylic acids is 1. The summed E-state index contributed by atoms with van der Waals surface area (Å²) < 4.78 is 47.3. The highest BCUT2D eigenvalue weighted by molar-refractivity contribution is 6.31. The monoisotopic (exact) mass is 549 g/mol. The molecule has 1 saturated carbocycles. The molecule has 0 bridgehead atoms. The van der Waals surface area contributed by atoms with Gasteiger partial charge in [0.05, 0.1) is 5.56 Å². The highest BCUT2D eigenvalue weighted by Gasteiger charge is 2.45. The SMILES string of the molecule is CCC1(C(NC(=O)c2ccc3ccc(Cl)cc3c2OCc2ccc(OC(F)(F)F)cc2)C(=O)O)CCCC1. The number of carbonyl (C=O) groups excluding carboxylic acids is 1. The van der Waals surface area contributed by atoms with Crippen molar-refractivity contribution in [2.24, 2.45) is 5.41 Å². The van der Waals surface area contributed by atoms with Crippen molar-refractivity contribution in [2.45, 2.75) is 58.0 Å². The van der Waals surface area contributed by atoms with E-state index in [0.29, 0.717) is 35.2 Å². The number of alkyl halides is 3. The molecule has 0 heterocycles. The van der Waals surface area contributed by atoms with Crippen molar-refractivity contribution in [1.29, 1.82) is 0 Å². The fourth-order valence-electron chi connectivity index (χ4n) is 5.15. The smallest absolute Gasteiger partial charge is 0.487 e. The van der Waals surface area contributed by atoms with Crippen LogP contribution in [0.5, 0.6) is 11.5 Å². The second kappa shape index (κ2) is 11.1. The first-order valence-electron chi connectivity index (χ1n) is 12.2. The second-order valence-electron chi connectivity index (χ2n) is 9.46. The van der Waals surface area contributed by atoms with Gasteiger partial charge in [0, 0.05) is 15.8 Å². The first-order valence-corrected chi connectivity index (χ1v) is 12.6. The summed E-state index contributed by atoms with van der Waals surface area (Å²) in [6, 6.07) is 12.5. The molecule has 1 aliphatic rings. The first kappa shape index (κ1) is 27.6. The number of carboxylic acid groups (broad SMARTS) is 1. The standard InChI is InChI=1S/C28H27ClF3NO5/c1-2-27(13-3-4-14-27)24(26(35)36)33-25(34)21-12-8-18-7-9-19(29)15-22(18)23(21)37-16-17-5-10-20(11-6-17)38-28(30,31)32/h5-12,15,24H,2-4,13-14,16H2,1H3,(H,33,34)(H,35,36). The van der Waals surface area contributed by atoms with Gasteiger partial charge in [-0.3, -0.25) is 4.79 Å². The van der Waals surface area contributed by atoms with Crippen LogP contribution in [0.2, 0.25) is 5.02 Å². The molecule has 0 radical (unpaired) electrons. The Bertz CT molecular complexity index is 1320. The molecule has 1 amide bonds. The van der Waals surface area contributed by atoms with Gasteiger partial charge in [-0.2, -0.15) is 0 Å². The maximum Gasteiger partial charge on any atom is 0.573 e. The van der Waals surface area contributed by atoms with Gasteiger partial charge < -0.3 is 19.9 Å². The Morgan fingerprint density at radius 1 is 1.08 bits per heavy atom. The highest BCUT2D eigenvalue weighted by Crippen LogP contribution is 2.44. The van der Waals surface area contributed by atoms with Crippen molar-refractivity contribution in [3.8, 4) is 11.5 Å². The zero-order chi connectivity index (χ0) is 27.5. The van der Waals surface area contributed by atoms with Crippen molar-refractivity contribution >= 4 is 34.2 Å². The fraction of sp³-hybridized carbons (Fsp3) is 0.357. The number of hydrogen-bond acceptors (Lipinski definition) is 4. The fourth-order valence-corrected chi connectivity index (χ4v) is 5.32. The zero-order valence-electron chi connectivity index (χ0n) is 20.6. The van der Waals surface area contributed by atoms with Crippen LogP contribution in [-0.4, -0.2) is 29.4 Å². The van der Waals surface area contributed by atoms with E-state index < -0.39 is 29.7 Å². The molecule has 1 atom stereocenters. The van der Waals surface area contributed by atoms with Crippen molar-refractivity contribution in [3.05, 3.63) is 70.7 Å². The molecule has 3 aromatic carbocycles. The van der Waals surface area contributed by atoms with E-state index in [1.54, 1.807) is 30.3 Å². The molecule has 10 heteroatoms. The van der Waals surface area contributed by atoms with Gasteiger partial charge in [-0.15, -0.1) is 13.2 Å². The van der Waals surface area contributed by atoms with Crippen LogP contribution >= 0.6 is 11.6 Å². The molecule has 6 nitrogen and oxygen atoms in total. The van der Waals surface area contributed by atoms with E-state index in [1.165, 1.54) is 24.3 Å². The van der Waals surface area contributed by atoms with E-state index in [9.17, 15) is 27.9 Å². The molecule has 1 unspecified atom stereocenters. The predicted octanol–water partition coefficient (Wildman–Crippen LogP) is 7.12. The number of amides is 1. The molecule has 3 aromatic rings. The van der Waals surface area contributed by atoms with Gasteiger partial charge in [-0.05, 0) is 60.5 Å². The first-order chi connectivity index (χ1) is 18.0. The minimum atomic E-state index is -4.80. The average molecular weight is 550 g/mol. The number of hydrogen-bond donors (Lipinski definition) is 2. The predicted molar refractivity (Wildman–Crippen MR) is 136 cm³/mol. The van der Waals surface area contributed by atoms with E-state index >= 15 is 0 Å². The van der Waals surface area contributed by atoms with Crippen LogP contribution in [0, 0.1) is 5.41 Å². The molecular formula is C28H27ClF3NO5. The molecule has 0 spiro atoms. The van der Waals surface area contributed by atoms with E-state index in [2.05, 4.69) is 10.1 Å². The average Bonchev–Trinajstić information content (AvgIpc) is 3.35. The Labute approximate surface area is 222 Å². The van der Waals surface area contributed by atoms with Crippen LogP contribution < -0.4 is 14.8 Å². The Morgan fingerprint density at radius 3 is 2.34 bits per heavy atom. The summed E-state index contributed by atoms with van der Waals surface area (Å²) in [5.41, 5.74) is 0.139. The third-order valence-corrected chi connectivity index (χ3v) is 7.39. The van der Waals surface area contributed by atoms with Gasteiger partial charge in [0.1, 0.15) is 24.1 Å². The Kier molecular flexibility index (Phi) is 8.06. The summed E-state index contributed by atoms with van der Waals surface area (Å²) in [5.74, 6) is -1.86. The van der Waals surface area contributed by atoms with Crippen molar-refractivity contribution in [2.75, 3.05) is 0 Å². The minimum Gasteiger partial charge on any atom is -0.487 e. The lowest BCUT2D eigenvalue weighted by Gasteiger charge is -2.34. The molecule has 38 heavy (non-hydrogen) atoms. The van der Waals surface area contributed by atoms with Crippen LogP contribution in [0.25, 0.3) is 10.8 Å². The van der Waals surface area contributed by atoms with Crippen molar-refractivity contribution in [1.82, 2.24) is 5.32 Å². The largest absolute Gasteiger partial charge is 0.573 e. The molecule has 1 fully saturated rings. The maximum absolute atomic E-state index is 13.5. The summed E-state index contributed by atoms with van der Waals surface area (Å²) in [5, 5.41) is 14.4. The van der Waals surface area contributed by atoms with Gasteiger partial charge in [-0.1, -0.05) is 55.6 Å². The van der Waals surface area contributed by atoms with E-state index in [0.717, 1.165) is 18.2 Å². The molecule has 202 valence electrons. The number of rotatable bonds is 9. The van der Waals surface area contributed by atoms with Crippen LogP contribution in [-0.2, 0) is 11.4 Å². The number of fused-ring (bicyclic) bond motifs is 1. The third-order valence-electron chi connectivity index (χ3n) is 7.16. The molecular weight excluding hydrogens is 523 g/mol. The van der Waals surface area contributed by atoms with E-state index in [1.807, 2.05) is 6.92 Å². The lowest BCUT2D eigenvalue weighted by molar-refractivity contribution is -0.274. The van der Waals surface area contributed by atoms with Crippen LogP contribution in [0.15, 0.2) is 54.6 Å². The molecule has 0 saturated heterocycles. The molecule has 0 aromatic heterocycles. The summed E-state index contributed by atoms with van der Waals surface area (Å²) in [6.07, 6.45) is -0.941. The number of carbonyl (C=O) groups is 2. The van der Waals surface area contributed by atoms with E-state index in [-0.39, 0.29) is 23.7 Å². The summed E-state index contributed by atoms with van der Waals surface area (Å²) >= 11 is 6.22. The number of halogens is 4. The van der Waals surface area contributed by atoms with Gasteiger partial charge in [0.2, 0.25) is 0 Å². The minimum absolute atomic E-state index is 0.0700. The lowest BCUT2D eigenvalue weighted by atomic mass is 9.76. The number of nitrogens with one attached hydrogen (secondary N) is 1. The second-order valence-corrected chi connectivity index (χ2v) is 9.89. The maximum atomic E-state index is 13.5. The van der Waals surface area contributed by atoms with Gasteiger partial charge in [0.15, 0.2) is 0 Å². The van der Waals surface area contributed by atoms with Gasteiger partial charge >= 0.3 is 12.3 Å². The van der Waals surface area contributed by atoms with Gasteiger partial charge in [-0.25, -0.2) is 4.79 Å². The Balaban J connectivity index is 1.64. The summed E-state index contributed by atoms with van der Waals surface area (Å²) in [6.45, 7) is 1.87. The molecule has 4 rings (SSSR count). The van der Waals surface area contributed by atoms with Crippen molar-refractivity contribution in [3.63, 3.8) is 0 Å². The molecule has 2 N–H and O–H groups in total. The number of aliphatic carboxylic acids is 1. The Morgan fingerprint density at radius 2 is 1.74 bits per heavy atom. The number of ether oxygens (including phenoxy) is 2. The number of benzene rings is 3. The third kappa shape index (κ3) is 6.15. The lowest BCUT2D eigenvalue weighted by Crippen LogP contribution is -2.51. The highest BCUT2D eigenvalue weighted by atomic mass is 35.5. The molecule has 1 aliphatic carbocycles. The van der Waals surface area contributed by atoms with E-state index in [4.69, 9.17) is 16.3 Å². The summed E-state index contributed by atoms with van der Waals surface area (Å²) in [4.78, 5) is 25.7. The van der Waals surface area contributed by atoms with Gasteiger partial charge in [0.25, 0.3) is 5.91 Å². The zero-order valence-corrected chi connectivity index (χ0v) is 21.4. The van der Waals surface area contributed by atoms with Crippen LogP contribution in [0.1, 0.15) is 54.9 Å². The summed E-state index contributed by atoms with van der Waals surface area (Å²) in [7, 11) is 0. The quantitative estimate of drug-likeness (QED) is 0.297.